The van der Waals surface area contributed by atoms with Crippen molar-refractivity contribution in [1.82, 2.24) is 4.72 Å². The van der Waals surface area contributed by atoms with Crippen molar-refractivity contribution in [3.8, 4) is 0 Å². The maximum atomic E-state index is 12.6. The van der Waals surface area contributed by atoms with Crippen molar-refractivity contribution in [2.45, 2.75) is 55.8 Å². The number of rotatable bonds is 5. The SMILES string of the molecule is O=C(Nc1cccc(S(=O)(=O)NC2=NCCC2)c1)c1ccc(C2CCCCC2)cc1. The van der Waals surface area contributed by atoms with Gasteiger partial charge in [-0.15, -0.1) is 0 Å². The Kier molecular flexibility index (Phi) is 6.18. The average molecular weight is 426 g/mol. The first-order chi connectivity index (χ1) is 14.5. The molecule has 0 spiro atoms. The summed E-state index contributed by atoms with van der Waals surface area (Å²) < 4.78 is 27.7. The lowest BCUT2D eigenvalue weighted by Crippen LogP contribution is -2.29. The number of aliphatic imine (C=N–C) groups is 1. The molecule has 7 heteroatoms. The number of sulfonamides is 1. The van der Waals surface area contributed by atoms with Crippen LogP contribution < -0.4 is 10.0 Å². The summed E-state index contributed by atoms with van der Waals surface area (Å²) in [6, 6.07) is 14.0. The van der Waals surface area contributed by atoms with Gasteiger partial charge in [0.05, 0.1) is 4.90 Å². The van der Waals surface area contributed by atoms with Crippen LogP contribution in [0.25, 0.3) is 0 Å². The van der Waals surface area contributed by atoms with Gasteiger partial charge in [-0.1, -0.05) is 37.5 Å². The van der Waals surface area contributed by atoms with Gasteiger partial charge in [-0.05, 0) is 61.1 Å². The van der Waals surface area contributed by atoms with Crippen LogP contribution in [0.15, 0.2) is 58.4 Å². The minimum Gasteiger partial charge on any atom is -0.322 e. The first-order valence-corrected chi connectivity index (χ1v) is 12.1. The molecule has 2 N–H and O–H groups in total. The number of amides is 1. The van der Waals surface area contributed by atoms with Crippen molar-refractivity contribution in [2.75, 3.05) is 11.9 Å². The van der Waals surface area contributed by atoms with Crippen LogP contribution in [-0.2, 0) is 10.0 Å². The molecule has 0 bridgehead atoms. The molecule has 0 atom stereocenters. The van der Waals surface area contributed by atoms with Crippen LogP contribution in [0.1, 0.15) is 66.8 Å². The van der Waals surface area contributed by atoms with Gasteiger partial charge in [-0.25, -0.2) is 8.42 Å². The van der Waals surface area contributed by atoms with Crippen LogP contribution in [0, 0.1) is 0 Å². The minimum absolute atomic E-state index is 0.0996. The highest BCUT2D eigenvalue weighted by atomic mass is 32.2. The van der Waals surface area contributed by atoms with E-state index in [1.54, 1.807) is 12.1 Å². The third-order valence-electron chi connectivity index (χ3n) is 5.78. The van der Waals surface area contributed by atoms with Crippen LogP contribution in [0.2, 0.25) is 0 Å². The number of anilines is 1. The average Bonchev–Trinajstić information content (AvgIpc) is 3.27. The van der Waals surface area contributed by atoms with Crippen molar-refractivity contribution in [3.63, 3.8) is 0 Å². The minimum atomic E-state index is -3.72. The molecule has 0 radical (unpaired) electrons. The van der Waals surface area contributed by atoms with Crippen molar-refractivity contribution in [2.24, 2.45) is 4.99 Å². The predicted molar refractivity (Wildman–Crippen MR) is 119 cm³/mol. The normalized spacial score (nSPS) is 17.4. The highest BCUT2D eigenvalue weighted by molar-refractivity contribution is 7.90. The molecule has 0 aromatic heterocycles. The van der Waals surface area contributed by atoms with E-state index in [2.05, 4.69) is 15.0 Å². The van der Waals surface area contributed by atoms with Gasteiger partial charge in [0.25, 0.3) is 15.9 Å². The van der Waals surface area contributed by atoms with Gasteiger partial charge in [-0.2, -0.15) is 0 Å². The summed E-state index contributed by atoms with van der Waals surface area (Å²) in [6.07, 6.45) is 7.78. The number of nitrogens with zero attached hydrogens (tertiary/aromatic N) is 1. The molecular weight excluding hydrogens is 398 g/mol. The van der Waals surface area contributed by atoms with Crippen molar-refractivity contribution in [1.29, 1.82) is 0 Å². The Labute approximate surface area is 177 Å². The van der Waals surface area contributed by atoms with Crippen LogP contribution in [0.5, 0.6) is 0 Å². The molecule has 6 nitrogen and oxygen atoms in total. The molecule has 1 aliphatic carbocycles. The molecule has 4 rings (SSSR count). The summed E-state index contributed by atoms with van der Waals surface area (Å²) in [7, 11) is -3.72. The fraction of sp³-hybridized carbons (Fsp3) is 0.391. The van der Waals surface area contributed by atoms with Gasteiger partial charge >= 0.3 is 0 Å². The number of carbonyl (C=O) groups is 1. The Hall–Kier alpha value is -2.67. The monoisotopic (exact) mass is 425 g/mol. The molecule has 1 amide bonds. The lowest BCUT2D eigenvalue weighted by molar-refractivity contribution is 0.102. The molecule has 1 heterocycles. The summed E-state index contributed by atoms with van der Waals surface area (Å²) >= 11 is 0. The van der Waals surface area contributed by atoms with E-state index < -0.39 is 10.0 Å². The molecule has 2 aromatic rings. The largest absolute Gasteiger partial charge is 0.322 e. The van der Waals surface area contributed by atoms with E-state index in [0.29, 0.717) is 36.0 Å². The Morgan fingerprint density at radius 2 is 1.73 bits per heavy atom. The fourth-order valence-corrected chi connectivity index (χ4v) is 5.26. The van der Waals surface area contributed by atoms with Gasteiger partial charge < -0.3 is 5.32 Å². The van der Waals surface area contributed by atoms with Crippen LogP contribution in [0.4, 0.5) is 5.69 Å². The number of hydrogen-bond acceptors (Lipinski definition) is 4. The Balaban J connectivity index is 1.43. The van der Waals surface area contributed by atoms with Gasteiger partial charge in [-0.3, -0.25) is 14.5 Å². The fourth-order valence-electron chi connectivity index (χ4n) is 4.12. The highest BCUT2D eigenvalue weighted by Crippen LogP contribution is 2.32. The molecule has 1 aliphatic heterocycles. The highest BCUT2D eigenvalue weighted by Gasteiger charge is 2.19. The number of nitrogens with one attached hydrogen (secondary N) is 2. The van der Waals surface area contributed by atoms with Gasteiger partial charge in [0.1, 0.15) is 5.84 Å². The second-order valence-electron chi connectivity index (χ2n) is 7.98. The molecule has 0 saturated heterocycles. The summed E-state index contributed by atoms with van der Waals surface area (Å²) in [5, 5.41) is 2.80. The van der Waals surface area contributed by atoms with E-state index in [9.17, 15) is 13.2 Å². The summed E-state index contributed by atoms with van der Waals surface area (Å²) in [5.74, 6) is 0.824. The number of hydrogen-bond donors (Lipinski definition) is 2. The third kappa shape index (κ3) is 4.90. The van der Waals surface area contributed by atoms with E-state index in [-0.39, 0.29) is 10.8 Å². The maximum absolute atomic E-state index is 12.6. The smallest absolute Gasteiger partial charge is 0.262 e. The molecule has 158 valence electrons. The Morgan fingerprint density at radius 1 is 0.967 bits per heavy atom. The van der Waals surface area contributed by atoms with Gasteiger partial charge in [0.15, 0.2) is 0 Å². The summed E-state index contributed by atoms with van der Waals surface area (Å²) in [6.45, 7) is 0.646. The first kappa shape index (κ1) is 20.6. The summed E-state index contributed by atoms with van der Waals surface area (Å²) in [4.78, 5) is 16.9. The van der Waals surface area contributed by atoms with E-state index in [1.165, 1.54) is 49.8 Å². The van der Waals surface area contributed by atoms with Crippen molar-refractivity contribution >= 4 is 27.5 Å². The Morgan fingerprint density at radius 3 is 2.43 bits per heavy atom. The van der Waals surface area contributed by atoms with E-state index in [0.717, 1.165) is 6.42 Å². The standard InChI is InChI=1S/C23H27N3O3S/c27-23(19-13-11-18(12-14-19)17-6-2-1-3-7-17)25-20-8-4-9-21(16-20)30(28,29)26-22-10-5-15-24-22/h4,8-9,11-14,16-17H,1-3,5-7,10,15H2,(H,24,26)(H,25,27). The topological polar surface area (TPSA) is 87.6 Å². The van der Waals surface area contributed by atoms with E-state index in [1.807, 2.05) is 24.3 Å². The second kappa shape index (κ2) is 9.00. The van der Waals surface area contributed by atoms with E-state index in [4.69, 9.17) is 0 Å². The van der Waals surface area contributed by atoms with Crippen LogP contribution in [-0.4, -0.2) is 26.7 Å². The zero-order chi connectivity index (χ0) is 21.0. The lowest BCUT2D eigenvalue weighted by atomic mass is 9.84. The summed E-state index contributed by atoms with van der Waals surface area (Å²) in [5.41, 5.74) is 2.29. The molecule has 0 unspecified atom stereocenters. The second-order valence-corrected chi connectivity index (χ2v) is 9.66. The molecule has 2 aromatic carbocycles. The van der Waals surface area contributed by atoms with Gasteiger partial charge in [0.2, 0.25) is 0 Å². The lowest BCUT2D eigenvalue weighted by Gasteiger charge is -2.22. The molecule has 2 aliphatic rings. The Bertz CT molecular complexity index is 1040. The van der Waals surface area contributed by atoms with Crippen molar-refractivity contribution in [3.05, 3.63) is 59.7 Å². The van der Waals surface area contributed by atoms with Crippen molar-refractivity contribution < 1.29 is 13.2 Å². The number of amidine groups is 1. The van der Waals surface area contributed by atoms with Crippen LogP contribution in [0.3, 0.4) is 0 Å². The third-order valence-corrected chi connectivity index (χ3v) is 7.16. The van der Waals surface area contributed by atoms with Crippen LogP contribution >= 0.6 is 0 Å². The molecule has 30 heavy (non-hydrogen) atoms. The van der Waals surface area contributed by atoms with Gasteiger partial charge in [0, 0.05) is 24.2 Å². The quantitative estimate of drug-likeness (QED) is 0.741. The zero-order valence-electron chi connectivity index (χ0n) is 16.9. The first-order valence-electron chi connectivity index (χ1n) is 10.6. The zero-order valence-corrected chi connectivity index (χ0v) is 17.7. The predicted octanol–water partition coefficient (Wildman–Crippen LogP) is 4.46. The molecule has 1 fully saturated rings. The number of benzene rings is 2. The molecule has 1 saturated carbocycles. The maximum Gasteiger partial charge on any atom is 0.262 e. The molecular formula is C23H27N3O3S. The van der Waals surface area contributed by atoms with E-state index >= 15 is 0 Å². The number of carbonyl (C=O) groups excluding carboxylic acids is 1.